The van der Waals surface area contributed by atoms with Crippen molar-refractivity contribution >= 4 is 5.97 Å². The van der Waals surface area contributed by atoms with Gasteiger partial charge in [0.25, 0.3) is 0 Å². The van der Waals surface area contributed by atoms with Crippen molar-refractivity contribution < 1.29 is 15.0 Å². The minimum absolute atomic E-state index is 0.0535. The number of aliphatic hydroxyl groups is 1. The fourth-order valence-corrected chi connectivity index (χ4v) is 2.10. The van der Waals surface area contributed by atoms with Crippen molar-refractivity contribution in [2.75, 3.05) is 0 Å². The van der Waals surface area contributed by atoms with Crippen LogP contribution in [0.2, 0.25) is 0 Å². The first-order valence-electron chi connectivity index (χ1n) is 5.33. The molecule has 1 fully saturated rings. The molecule has 0 aromatic heterocycles. The lowest BCUT2D eigenvalue weighted by Crippen LogP contribution is -2.14. The van der Waals surface area contributed by atoms with Gasteiger partial charge in [0.15, 0.2) is 0 Å². The van der Waals surface area contributed by atoms with Crippen LogP contribution >= 0.6 is 0 Å². The Hall–Kier alpha value is -0.990. The Balaban J connectivity index is 2.58. The van der Waals surface area contributed by atoms with E-state index < -0.39 is 5.97 Å². The molecule has 2 N–H and O–H groups in total. The second-order valence-electron chi connectivity index (χ2n) is 3.93. The Morgan fingerprint density at radius 3 is 2.00 bits per heavy atom. The Morgan fingerprint density at radius 2 is 1.57 bits per heavy atom. The van der Waals surface area contributed by atoms with E-state index in [1.54, 1.807) is 0 Å². The zero-order valence-corrected chi connectivity index (χ0v) is 8.41. The van der Waals surface area contributed by atoms with Gasteiger partial charge in [-0.25, -0.2) is 4.79 Å². The Bertz CT molecular complexity index is 213. The van der Waals surface area contributed by atoms with Gasteiger partial charge in [-0.2, -0.15) is 0 Å². The molecule has 0 heterocycles. The lowest BCUT2D eigenvalue weighted by Gasteiger charge is -2.19. The number of carbonyl (C=O) groups is 1. The van der Waals surface area contributed by atoms with Crippen molar-refractivity contribution in [2.45, 2.75) is 44.9 Å². The van der Waals surface area contributed by atoms with Gasteiger partial charge >= 0.3 is 5.97 Å². The number of carboxylic acid groups (broad SMARTS) is 1. The fourth-order valence-electron chi connectivity index (χ4n) is 2.10. The monoisotopic (exact) mass is 198 g/mol. The summed E-state index contributed by atoms with van der Waals surface area (Å²) in [7, 11) is 0. The van der Waals surface area contributed by atoms with Crippen LogP contribution < -0.4 is 0 Å². The molecule has 0 aromatic carbocycles. The van der Waals surface area contributed by atoms with Crippen molar-refractivity contribution in [1.82, 2.24) is 0 Å². The summed E-state index contributed by atoms with van der Waals surface area (Å²) in [5.74, 6) is -0.920. The van der Waals surface area contributed by atoms with E-state index in [1.165, 1.54) is 19.3 Å². The highest BCUT2D eigenvalue weighted by Gasteiger charge is 2.21. The van der Waals surface area contributed by atoms with Crippen LogP contribution in [0.25, 0.3) is 0 Å². The molecule has 0 unspecified atom stereocenters. The molecular formula is C11H18O3. The van der Waals surface area contributed by atoms with Gasteiger partial charge < -0.3 is 10.2 Å². The summed E-state index contributed by atoms with van der Waals surface area (Å²) in [5.41, 5.74) is 0.187. The van der Waals surface area contributed by atoms with Crippen LogP contribution in [0.5, 0.6) is 0 Å². The number of aliphatic hydroxyl groups excluding tert-OH is 1. The molecule has 14 heavy (non-hydrogen) atoms. The van der Waals surface area contributed by atoms with E-state index in [0.717, 1.165) is 31.9 Å². The second-order valence-corrected chi connectivity index (χ2v) is 3.93. The molecule has 1 rings (SSSR count). The summed E-state index contributed by atoms with van der Waals surface area (Å²) in [6.45, 7) is 0. The average molecular weight is 198 g/mol. The van der Waals surface area contributed by atoms with Crippen molar-refractivity contribution in [2.24, 2.45) is 5.92 Å². The standard InChI is InChI=1S/C11H18O3/c12-8-10(11(13)14)9-6-4-2-1-3-5-7-9/h8-9,12H,1-7H2,(H,13,14). The number of hydrogen-bond donors (Lipinski definition) is 2. The molecule has 80 valence electrons. The lowest BCUT2D eigenvalue weighted by molar-refractivity contribution is -0.133. The SMILES string of the molecule is O=C(O)C(=CO)C1CCCCCCC1. The van der Waals surface area contributed by atoms with Crippen LogP contribution in [0.4, 0.5) is 0 Å². The van der Waals surface area contributed by atoms with Crippen LogP contribution in [0.1, 0.15) is 44.9 Å². The minimum atomic E-state index is -0.974. The van der Waals surface area contributed by atoms with Gasteiger partial charge in [-0.1, -0.05) is 32.1 Å². The molecular weight excluding hydrogens is 180 g/mol. The van der Waals surface area contributed by atoms with Crippen LogP contribution in [-0.2, 0) is 4.79 Å². The summed E-state index contributed by atoms with van der Waals surface area (Å²) in [6, 6.07) is 0. The molecule has 1 aliphatic rings. The Morgan fingerprint density at radius 1 is 1.07 bits per heavy atom. The predicted octanol–water partition coefficient (Wildman–Crippen LogP) is 2.87. The van der Waals surface area contributed by atoms with Gasteiger partial charge in [0.2, 0.25) is 0 Å². The smallest absolute Gasteiger partial charge is 0.334 e. The quantitative estimate of drug-likeness (QED) is 0.530. The molecule has 1 saturated carbocycles. The van der Waals surface area contributed by atoms with E-state index in [2.05, 4.69) is 0 Å². The summed E-state index contributed by atoms with van der Waals surface area (Å²) in [4.78, 5) is 10.8. The number of rotatable bonds is 2. The maximum Gasteiger partial charge on any atom is 0.334 e. The molecule has 0 radical (unpaired) electrons. The number of carboxylic acids is 1. The second kappa shape index (κ2) is 5.68. The third-order valence-corrected chi connectivity index (χ3v) is 2.93. The highest BCUT2D eigenvalue weighted by atomic mass is 16.4. The topological polar surface area (TPSA) is 57.5 Å². The molecule has 3 nitrogen and oxygen atoms in total. The normalized spacial score (nSPS) is 21.3. The molecule has 0 spiro atoms. The van der Waals surface area contributed by atoms with Crippen molar-refractivity contribution in [3.8, 4) is 0 Å². The van der Waals surface area contributed by atoms with Crippen molar-refractivity contribution in [3.05, 3.63) is 11.8 Å². The van der Waals surface area contributed by atoms with E-state index in [-0.39, 0.29) is 11.5 Å². The van der Waals surface area contributed by atoms with E-state index in [4.69, 9.17) is 10.2 Å². The summed E-state index contributed by atoms with van der Waals surface area (Å²) >= 11 is 0. The number of hydrogen-bond acceptors (Lipinski definition) is 2. The highest BCUT2D eigenvalue weighted by molar-refractivity contribution is 5.86. The van der Waals surface area contributed by atoms with E-state index >= 15 is 0 Å². The third-order valence-electron chi connectivity index (χ3n) is 2.93. The molecule has 0 atom stereocenters. The predicted molar refractivity (Wildman–Crippen MR) is 54.2 cm³/mol. The minimum Gasteiger partial charge on any atom is -0.515 e. The van der Waals surface area contributed by atoms with Gasteiger partial charge in [0.1, 0.15) is 0 Å². The van der Waals surface area contributed by atoms with Crippen molar-refractivity contribution in [1.29, 1.82) is 0 Å². The van der Waals surface area contributed by atoms with Crippen LogP contribution in [-0.4, -0.2) is 16.2 Å². The molecule has 0 aromatic rings. The summed E-state index contributed by atoms with van der Waals surface area (Å²) < 4.78 is 0. The Kier molecular flexibility index (Phi) is 4.50. The van der Waals surface area contributed by atoms with Crippen LogP contribution in [0.15, 0.2) is 11.8 Å². The number of aliphatic carboxylic acids is 1. The van der Waals surface area contributed by atoms with E-state index in [0.29, 0.717) is 0 Å². The average Bonchev–Trinajstić information content (AvgIpc) is 2.08. The van der Waals surface area contributed by atoms with Gasteiger partial charge in [-0.15, -0.1) is 0 Å². The van der Waals surface area contributed by atoms with Gasteiger partial charge in [-0.3, -0.25) is 0 Å². The van der Waals surface area contributed by atoms with Gasteiger partial charge in [-0.05, 0) is 18.8 Å². The Labute approximate surface area is 84.4 Å². The fraction of sp³-hybridized carbons (Fsp3) is 0.727. The molecule has 1 aliphatic carbocycles. The van der Waals surface area contributed by atoms with E-state index in [9.17, 15) is 4.79 Å². The first-order valence-corrected chi connectivity index (χ1v) is 5.33. The summed E-state index contributed by atoms with van der Waals surface area (Å²) in [5, 5.41) is 17.7. The van der Waals surface area contributed by atoms with Gasteiger partial charge in [0.05, 0.1) is 11.8 Å². The zero-order valence-electron chi connectivity index (χ0n) is 8.41. The van der Waals surface area contributed by atoms with Crippen molar-refractivity contribution in [3.63, 3.8) is 0 Å². The molecule has 0 amide bonds. The largest absolute Gasteiger partial charge is 0.515 e. The lowest BCUT2D eigenvalue weighted by atomic mass is 9.86. The summed E-state index contributed by atoms with van der Waals surface area (Å²) in [6.07, 6.45) is 8.37. The van der Waals surface area contributed by atoms with Crippen LogP contribution in [0, 0.1) is 5.92 Å². The molecule has 3 heteroatoms. The van der Waals surface area contributed by atoms with Gasteiger partial charge in [0, 0.05) is 0 Å². The first kappa shape index (κ1) is 11.1. The maximum atomic E-state index is 10.8. The first-order chi connectivity index (χ1) is 6.75. The molecule has 0 bridgehead atoms. The third kappa shape index (κ3) is 3.05. The zero-order chi connectivity index (χ0) is 10.4. The molecule has 0 saturated heterocycles. The maximum absolute atomic E-state index is 10.8. The highest BCUT2D eigenvalue weighted by Crippen LogP contribution is 2.27. The van der Waals surface area contributed by atoms with Crippen LogP contribution in [0.3, 0.4) is 0 Å². The van der Waals surface area contributed by atoms with E-state index in [1.807, 2.05) is 0 Å². The molecule has 0 aliphatic heterocycles.